The molecule has 0 nitrogen and oxygen atoms in total. The van der Waals surface area contributed by atoms with Crippen LogP contribution in [0.15, 0.2) is 73.3 Å². The molecule has 86 valence electrons. The van der Waals surface area contributed by atoms with Crippen molar-refractivity contribution < 1.29 is 0 Å². The van der Waals surface area contributed by atoms with E-state index < -0.39 is 0 Å². The summed E-state index contributed by atoms with van der Waals surface area (Å²) in [5.74, 6) is 0.667. The standard InChI is InChI=1S/2C6H5.C3H6S.Sb/c2*1-2-4-6-5-3-1;1-2-3-4;/h2*1-5H;2,4H,1,3H2;/q;;;+1/p-1. The monoisotopic (exact) mass is 348 g/mol. The van der Waals surface area contributed by atoms with E-state index in [4.69, 9.17) is 0 Å². The molecule has 0 unspecified atom stereocenters. The average Bonchev–Trinajstić information content (AvgIpc) is 2.41. The van der Waals surface area contributed by atoms with Crippen LogP contribution in [0, 0.1) is 0 Å². The minimum absolute atomic E-state index is 0.335. The van der Waals surface area contributed by atoms with E-state index in [-0.39, 0.29) is 21.6 Å². The number of hydrogen-bond acceptors (Lipinski definition) is 1. The second kappa shape index (κ2) is 9.39. The van der Waals surface area contributed by atoms with Gasteiger partial charge >= 0.3 is 89.3 Å². The van der Waals surface area contributed by atoms with Crippen molar-refractivity contribution in [1.29, 1.82) is 0 Å². The number of rotatable bonds is 3. The summed E-state index contributed by atoms with van der Waals surface area (Å²) < 4.78 is 3.04. The van der Waals surface area contributed by atoms with Gasteiger partial charge in [-0.05, 0) is 0 Å². The first kappa shape index (κ1) is 14.4. The molecule has 0 spiro atoms. The van der Waals surface area contributed by atoms with Gasteiger partial charge < -0.3 is 12.6 Å². The molecule has 0 heterocycles. The average molecular weight is 349 g/mol. The maximum atomic E-state index is 4.44. The van der Waals surface area contributed by atoms with Crippen LogP contribution in [0.2, 0.25) is 0 Å². The van der Waals surface area contributed by atoms with Gasteiger partial charge in [-0.3, -0.25) is 0 Å². The molecular weight excluding hydrogens is 334 g/mol. The third-order valence-corrected chi connectivity index (χ3v) is 5.30. The van der Waals surface area contributed by atoms with E-state index in [1.165, 1.54) is 7.02 Å². The molecule has 0 N–H and O–H groups in total. The molecule has 0 bridgehead atoms. The van der Waals surface area contributed by atoms with Gasteiger partial charge in [0.1, 0.15) is 0 Å². The van der Waals surface area contributed by atoms with Crippen LogP contribution in [-0.4, -0.2) is 27.4 Å². The normalized spacial score (nSPS) is 9.00. The fourth-order valence-corrected chi connectivity index (χ4v) is 3.84. The molecule has 0 aliphatic carbocycles. The fraction of sp³-hybridized carbons (Fsp3) is 0.0667. The van der Waals surface area contributed by atoms with Crippen molar-refractivity contribution >= 4 is 41.3 Å². The Balaban J connectivity index is 0.000000317. The SMILES string of the molecule is C=CC[S-].c1cc[c]([Sb+][c]2ccccc2)cc1. The quantitative estimate of drug-likeness (QED) is 0.465. The Labute approximate surface area is 120 Å². The molecule has 0 saturated heterocycles. The van der Waals surface area contributed by atoms with Gasteiger partial charge in [0, 0.05) is 0 Å². The summed E-state index contributed by atoms with van der Waals surface area (Å²) in [6, 6.07) is 21.5. The van der Waals surface area contributed by atoms with E-state index in [1.807, 2.05) is 0 Å². The Morgan fingerprint density at radius 2 is 1.24 bits per heavy atom. The summed E-state index contributed by atoms with van der Waals surface area (Å²) in [6.45, 7) is 3.38. The molecule has 0 aliphatic heterocycles. The van der Waals surface area contributed by atoms with Gasteiger partial charge in [0.15, 0.2) is 0 Å². The Kier molecular flexibility index (Phi) is 7.96. The van der Waals surface area contributed by atoms with E-state index >= 15 is 0 Å². The van der Waals surface area contributed by atoms with Crippen LogP contribution in [0.1, 0.15) is 0 Å². The molecule has 0 aromatic heterocycles. The molecule has 2 aromatic carbocycles. The second-order valence-corrected chi connectivity index (χ2v) is 7.16. The molecule has 0 amide bonds. The van der Waals surface area contributed by atoms with Crippen molar-refractivity contribution in [3.8, 4) is 0 Å². The predicted molar refractivity (Wildman–Crippen MR) is 80.3 cm³/mol. The Morgan fingerprint density at radius 1 is 0.882 bits per heavy atom. The zero-order valence-corrected chi connectivity index (χ0v) is 13.0. The molecule has 17 heavy (non-hydrogen) atoms. The summed E-state index contributed by atoms with van der Waals surface area (Å²) in [4.78, 5) is 0. The Bertz CT molecular complexity index is 374. The van der Waals surface area contributed by atoms with Gasteiger partial charge in [-0.2, -0.15) is 5.75 Å². The van der Waals surface area contributed by atoms with Crippen molar-refractivity contribution in [2.24, 2.45) is 0 Å². The van der Waals surface area contributed by atoms with E-state index in [0.717, 1.165) is 0 Å². The summed E-state index contributed by atoms with van der Waals surface area (Å²) >= 11 is 4.10. The topological polar surface area (TPSA) is 0 Å². The van der Waals surface area contributed by atoms with Crippen LogP contribution in [-0.2, 0) is 12.6 Å². The predicted octanol–water partition coefficient (Wildman–Crippen LogP) is 2.06. The van der Waals surface area contributed by atoms with Gasteiger partial charge in [-0.15, -0.1) is 12.7 Å². The van der Waals surface area contributed by atoms with Crippen molar-refractivity contribution in [1.82, 2.24) is 0 Å². The summed E-state index contributed by atoms with van der Waals surface area (Å²) in [6.07, 6.45) is 1.69. The van der Waals surface area contributed by atoms with Gasteiger partial charge in [-0.1, -0.05) is 0 Å². The van der Waals surface area contributed by atoms with Gasteiger partial charge in [0.05, 0.1) is 0 Å². The Hall–Kier alpha value is -0.652. The molecule has 0 atom stereocenters. The number of hydrogen-bond donors (Lipinski definition) is 0. The zero-order valence-electron chi connectivity index (χ0n) is 9.62. The fourth-order valence-electron chi connectivity index (χ4n) is 1.15. The van der Waals surface area contributed by atoms with E-state index in [1.54, 1.807) is 6.08 Å². The minimum atomic E-state index is -0.335. The molecule has 0 aliphatic rings. The molecule has 2 radical (unpaired) electrons. The van der Waals surface area contributed by atoms with Crippen LogP contribution in [0.25, 0.3) is 0 Å². The van der Waals surface area contributed by atoms with Crippen LogP contribution in [0.3, 0.4) is 0 Å². The van der Waals surface area contributed by atoms with Gasteiger partial charge in [0.25, 0.3) is 0 Å². The summed E-state index contributed by atoms with van der Waals surface area (Å²) in [5.41, 5.74) is 0. The molecule has 2 rings (SSSR count). The number of benzene rings is 2. The van der Waals surface area contributed by atoms with Crippen LogP contribution >= 0.6 is 0 Å². The van der Waals surface area contributed by atoms with Crippen molar-refractivity contribution in [2.45, 2.75) is 0 Å². The first-order valence-corrected chi connectivity index (χ1v) is 8.50. The van der Waals surface area contributed by atoms with Crippen molar-refractivity contribution in [3.63, 3.8) is 0 Å². The van der Waals surface area contributed by atoms with Crippen molar-refractivity contribution in [2.75, 3.05) is 5.75 Å². The molecular formula is C15H15SSb. The molecule has 0 fully saturated rings. The Morgan fingerprint density at radius 3 is 1.53 bits per heavy atom. The summed E-state index contributed by atoms with van der Waals surface area (Å²) in [5, 5.41) is 0. The van der Waals surface area contributed by atoms with Crippen LogP contribution in [0.4, 0.5) is 0 Å². The van der Waals surface area contributed by atoms with Gasteiger partial charge in [-0.25, -0.2) is 0 Å². The van der Waals surface area contributed by atoms with E-state index in [0.29, 0.717) is 5.75 Å². The molecule has 0 saturated carbocycles. The third-order valence-electron chi connectivity index (χ3n) is 1.89. The van der Waals surface area contributed by atoms with Crippen LogP contribution < -0.4 is 7.02 Å². The third kappa shape index (κ3) is 6.60. The molecule has 2 aromatic rings. The van der Waals surface area contributed by atoms with Gasteiger partial charge in [0.2, 0.25) is 0 Å². The first-order chi connectivity index (χ1) is 8.36. The van der Waals surface area contributed by atoms with Crippen LogP contribution in [0.5, 0.6) is 0 Å². The van der Waals surface area contributed by atoms with Crippen molar-refractivity contribution in [3.05, 3.63) is 73.3 Å². The van der Waals surface area contributed by atoms with E-state index in [9.17, 15) is 0 Å². The zero-order chi connectivity index (χ0) is 12.3. The maximum absolute atomic E-state index is 4.44. The first-order valence-electron chi connectivity index (χ1n) is 5.37. The summed E-state index contributed by atoms with van der Waals surface area (Å²) in [7, 11) is 0. The van der Waals surface area contributed by atoms with E-state index in [2.05, 4.69) is 79.9 Å². The second-order valence-electron chi connectivity index (χ2n) is 3.24. The molecule has 2 heteroatoms.